The van der Waals surface area contributed by atoms with Gasteiger partial charge in [0.1, 0.15) is 10.7 Å². The minimum atomic E-state index is -3.61. The third kappa shape index (κ3) is 3.44. The number of hydrogen-bond donors (Lipinski definition) is 0. The Bertz CT molecular complexity index is 1080. The second kappa shape index (κ2) is 7.38. The van der Waals surface area contributed by atoms with E-state index in [4.69, 9.17) is 11.6 Å². The summed E-state index contributed by atoms with van der Waals surface area (Å²) in [5.74, 6) is -0.129. The number of hydrogen-bond acceptors (Lipinski definition) is 5. The average Bonchev–Trinajstić information content (AvgIpc) is 3.31. The predicted octanol–water partition coefficient (Wildman–Crippen LogP) is 3.60. The highest BCUT2D eigenvalue weighted by molar-refractivity contribution is 7.98. The lowest BCUT2D eigenvalue weighted by Gasteiger charge is -2.15. The van der Waals surface area contributed by atoms with E-state index >= 15 is 0 Å². The van der Waals surface area contributed by atoms with Crippen molar-refractivity contribution < 1.29 is 12.8 Å². The van der Waals surface area contributed by atoms with Crippen LogP contribution in [0.25, 0.3) is 5.65 Å². The molecule has 2 aromatic heterocycles. The zero-order chi connectivity index (χ0) is 19.0. The maximum Gasteiger partial charge on any atom is 0.246 e. The zero-order valence-corrected chi connectivity index (χ0v) is 16.6. The van der Waals surface area contributed by atoms with Gasteiger partial charge in [-0.15, -0.1) is 10.2 Å². The summed E-state index contributed by atoms with van der Waals surface area (Å²) in [5.41, 5.74) is 0.647. The summed E-state index contributed by atoms with van der Waals surface area (Å²) in [7, 11) is -3.61. The Labute approximate surface area is 165 Å². The van der Waals surface area contributed by atoms with Crippen molar-refractivity contribution >= 4 is 39.0 Å². The lowest BCUT2D eigenvalue weighted by molar-refractivity contribution is 0.478. The molecule has 1 aliphatic heterocycles. The molecule has 0 aliphatic carbocycles. The largest absolute Gasteiger partial charge is 0.276 e. The molecule has 0 spiro atoms. The predicted molar refractivity (Wildman–Crippen MR) is 102 cm³/mol. The van der Waals surface area contributed by atoms with Crippen LogP contribution < -0.4 is 0 Å². The summed E-state index contributed by atoms with van der Waals surface area (Å²) in [4.78, 5) is 0.134. The first-order valence-corrected chi connectivity index (χ1v) is 11.2. The summed E-state index contributed by atoms with van der Waals surface area (Å²) in [6.07, 6.45) is 3.42. The summed E-state index contributed by atoms with van der Waals surface area (Å²) in [5, 5.41) is 8.99. The maximum absolute atomic E-state index is 14.0. The summed E-state index contributed by atoms with van der Waals surface area (Å²) in [6.45, 7) is 1.04. The summed E-state index contributed by atoms with van der Waals surface area (Å²) >= 11 is 7.31. The standard InChI is InChI=1S/C17H16ClFN4O2S2/c18-13-5-3-6-14(19)12(13)11-26-17-21-20-16-15(7-4-10-23(16)17)27(24,25)22-8-1-2-9-22/h3-7,10H,1-2,8-9,11H2. The van der Waals surface area contributed by atoms with Crippen LogP contribution in [-0.4, -0.2) is 40.4 Å². The van der Waals surface area contributed by atoms with E-state index in [-0.39, 0.29) is 22.1 Å². The molecular weight excluding hydrogens is 411 g/mol. The van der Waals surface area contributed by atoms with Gasteiger partial charge in [0.25, 0.3) is 0 Å². The van der Waals surface area contributed by atoms with Crippen molar-refractivity contribution in [2.75, 3.05) is 13.1 Å². The van der Waals surface area contributed by atoms with E-state index in [1.807, 2.05) is 0 Å². The summed E-state index contributed by atoms with van der Waals surface area (Å²) in [6, 6.07) is 7.72. The van der Waals surface area contributed by atoms with Crippen molar-refractivity contribution in [1.82, 2.24) is 18.9 Å². The number of fused-ring (bicyclic) bond motifs is 1. The molecule has 27 heavy (non-hydrogen) atoms. The van der Waals surface area contributed by atoms with Crippen LogP contribution in [0, 0.1) is 5.82 Å². The van der Waals surface area contributed by atoms with Gasteiger partial charge in [0.05, 0.1) is 0 Å². The van der Waals surface area contributed by atoms with Gasteiger partial charge >= 0.3 is 0 Å². The van der Waals surface area contributed by atoms with Crippen LogP contribution in [0.1, 0.15) is 18.4 Å². The van der Waals surface area contributed by atoms with Crippen molar-refractivity contribution in [2.45, 2.75) is 28.6 Å². The lowest BCUT2D eigenvalue weighted by Crippen LogP contribution is -2.28. The third-order valence-corrected chi connectivity index (χ3v) is 7.70. The molecule has 0 unspecified atom stereocenters. The first-order valence-electron chi connectivity index (χ1n) is 8.38. The monoisotopic (exact) mass is 426 g/mol. The van der Waals surface area contributed by atoms with E-state index in [0.29, 0.717) is 28.8 Å². The molecule has 1 aromatic carbocycles. The minimum absolute atomic E-state index is 0.134. The number of thioether (sulfide) groups is 1. The van der Waals surface area contributed by atoms with Crippen molar-refractivity contribution in [1.29, 1.82) is 0 Å². The van der Waals surface area contributed by atoms with Gasteiger partial charge in [0, 0.05) is 35.6 Å². The smallest absolute Gasteiger partial charge is 0.246 e. The Hall–Kier alpha value is -1.68. The van der Waals surface area contributed by atoms with Gasteiger partial charge in [-0.25, -0.2) is 12.8 Å². The van der Waals surface area contributed by atoms with E-state index in [0.717, 1.165) is 12.8 Å². The van der Waals surface area contributed by atoms with Crippen molar-refractivity contribution in [2.24, 2.45) is 0 Å². The zero-order valence-electron chi connectivity index (χ0n) is 14.2. The van der Waals surface area contributed by atoms with Gasteiger partial charge in [0.15, 0.2) is 10.8 Å². The molecule has 0 saturated carbocycles. The van der Waals surface area contributed by atoms with Gasteiger partial charge in [-0.3, -0.25) is 4.40 Å². The number of pyridine rings is 1. The summed E-state index contributed by atoms with van der Waals surface area (Å²) < 4.78 is 42.8. The fourth-order valence-corrected chi connectivity index (χ4v) is 5.94. The molecule has 0 atom stereocenters. The molecule has 1 aliphatic rings. The van der Waals surface area contributed by atoms with Gasteiger partial charge in [-0.2, -0.15) is 4.31 Å². The van der Waals surface area contributed by atoms with Gasteiger partial charge in [-0.1, -0.05) is 29.4 Å². The number of aromatic nitrogens is 3. The normalized spacial score (nSPS) is 15.6. The maximum atomic E-state index is 14.0. The van der Waals surface area contributed by atoms with Crippen LogP contribution in [0.2, 0.25) is 5.02 Å². The Kier molecular flexibility index (Phi) is 5.11. The van der Waals surface area contributed by atoms with Gasteiger partial charge in [0.2, 0.25) is 10.0 Å². The molecule has 10 heteroatoms. The number of benzene rings is 1. The van der Waals surface area contributed by atoms with E-state index in [1.165, 1.54) is 22.1 Å². The van der Waals surface area contributed by atoms with Crippen LogP contribution in [0.15, 0.2) is 46.6 Å². The molecule has 3 heterocycles. The van der Waals surface area contributed by atoms with Crippen LogP contribution in [-0.2, 0) is 15.8 Å². The topological polar surface area (TPSA) is 67.6 Å². The molecule has 0 amide bonds. The van der Waals surface area contributed by atoms with E-state index in [9.17, 15) is 12.8 Å². The second-order valence-corrected chi connectivity index (χ2v) is 9.40. The second-order valence-electron chi connectivity index (χ2n) is 6.15. The number of sulfonamides is 1. The molecule has 0 bridgehead atoms. The van der Waals surface area contributed by atoms with Crippen LogP contribution in [0.3, 0.4) is 0 Å². The molecular formula is C17H16ClFN4O2S2. The van der Waals surface area contributed by atoms with Crippen molar-refractivity contribution in [3.05, 3.63) is 52.9 Å². The number of halogens is 2. The van der Waals surface area contributed by atoms with Crippen molar-refractivity contribution in [3.8, 4) is 0 Å². The van der Waals surface area contributed by atoms with Crippen LogP contribution >= 0.6 is 23.4 Å². The Balaban J connectivity index is 1.67. The number of rotatable bonds is 5. The SMILES string of the molecule is O=S(=O)(c1cccn2c(SCc3c(F)cccc3Cl)nnc12)N1CCCC1. The average molecular weight is 427 g/mol. The molecule has 0 radical (unpaired) electrons. The van der Waals surface area contributed by atoms with Crippen LogP contribution in [0.5, 0.6) is 0 Å². The molecule has 6 nitrogen and oxygen atoms in total. The Morgan fingerprint density at radius 3 is 2.67 bits per heavy atom. The van der Waals surface area contributed by atoms with E-state index in [1.54, 1.807) is 34.9 Å². The highest BCUT2D eigenvalue weighted by atomic mass is 35.5. The molecule has 142 valence electrons. The minimum Gasteiger partial charge on any atom is -0.276 e. The van der Waals surface area contributed by atoms with E-state index < -0.39 is 10.0 Å². The molecule has 1 fully saturated rings. The molecule has 1 saturated heterocycles. The van der Waals surface area contributed by atoms with Gasteiger partial charge in [-0.05, 0) is 37.1 Å². The Morgan fingerprint density at radius 2 is 1.93 bits per heavy atom. The highest BCUT2D eigenvalue weighted by Crippen LogP contribution is 2.30. The van der Waals surface area contributed by atoms with Crippen molar-refractivity contribution in [3.63, 3.8) is 0 Å². The fraction of sp³-hybridized carbons (Fsp3) is 0.294. The lowest BCUT2D eigenvalue weighted by atomic mass is 10.2. The first kappa shape index (κ1) is 18.7. The quantitative estimate of drug-likeness (QED) is 0.583. The molecule has 3 aromatic rings. The number of nitrogens with zero attached hydrogens (tertiary/aromatic N) is 4. The Morgan fingerprint density at radius 1 is 1.15 bits per heavy atom. The molecule has 4 rings (SSSR count). The first-order chi connectivity index (χ1) is 13.0. The van der Waals surface area contributed by atoms with E-state index in [2.05, 4.69) is 10.2 Å². The highest BCUT2D eigenvalue weighted by Gasteiger charge is 2.30. The molecule has 0 N–H and O–H groups in total. The third-order valence-electron chi connectivity index (χ3n) is 4.46. The fourth-order valence-electron chi connectivity index (χ4n) is 3.04. The van der Waals surface area contributed by atoms with Crippen LogP contribution in [0.4, 0.5) is 4.39 Å². The van der Waals surface area contributed by atoms with Gasteiger partial charge < -0.3 is 0 Å².